The van der Waals surface area contributed by atoms with Crippen molar-refractivity contribution in [3.8, 4) is 0 Å². The van der Waals surface area contributed by atoms with Gasteiger partial charge in [0.1, 0.15) is 0 Å². The van der Waals surface area contributed by atoms with Crippen LogP contribution < -0.4 is 0 Å². The molecule has 1 heterocycles. The highest BCUT2D eigenvalue weighted by Gasteiger charge is 2.25. The van der Waals surface area contributed by atoms with Crippen LogP contribution in [0.25, 0.3) is 0 Å². The number of aryl methyl sites for hydroxylation is 2. The third-order valence-electron chi connectivity index (χ3n) is 4.20. The highest BCUT2D eigenvalue weighted by atomic mass is 16.1. The summed E-state index contributed by atoms with van der Waals surface area (Å²) in [6.07, 6.45) is 1.60. The van der Waals surface area contributed by atoms with Crippen molar-refractivity contribution >= 4 is 11.5 Å². The summed E-state index contributed by atoms with van der Waals surface area (Å²) in [5.41, 5.74) is 5.35. The Hall–Kier alpha value is -2.22. The van der Waals surface area contributed by atoms with Gasteiger partial charge in [0, 0.05) is 23.7 Å². The SMILES string of the molecule is Cc1cc(C)cc(C(=O)C2CCN=C(c3ccccc3)C2)c1. The topological polar surface area (TPSA) is 29.4 Å². The van der Waals surface area contributed by atoms with E-state index in [4.69, 9.17) is 0 Å². The van der Waals surface area contributed by atoms with E-state index in [9.17, 15) is 4.79 Å². The maximum atomic E-state index is 12.8. The number of nitrogens with zero attached hydrogens (tertiary/aromatic N) is 1. The van der Waals surface area contributed by atoms with Gasteiger partial charge in [-0.05, 0) is 44.4 Å². The van der Waals surface area contributed by atoms with Crippen molar-refractivity contribution in [2.24, 2.45) is 10.9 Å². The lowest BCUT2D eigenvalue weighted by atomic mass is 9.85. The number of carbonyl (C=O) groups is 1. The molecule has 0 fully saturated rings. The van der Waals surface area contributed by atoms with Crippen LogP contribution >= 0.6 is 0 Å². The molecule has 0 amide bonds. The molecule has 1 aliphatic heterocycles. The predicted octanol–water partition coefficient (Wildman–Crippen LogP) is 4.39. The van der Waals surface area contributed by atoms with E-state index in [1.807, 2.05) is 44.2 Å². The Morgan fingerprint density at radius 1 is 1.05 bits per heavy atom. The highest BCUT2D eigenvalue weighted by Crippen LogP contribution is 2.24. The summed E-state index contributed by atoms with van der Waals surface area (Å²) >= 11 is 0. The zero-order chi connectivity index (χ0) is 15.5. The second-order valence-corrected chi connectivity index (χ2v) is 6.12. The van der Waals surface area contributed by atoms with E-state index in [0.29, 0.717) is 0 Å². The zero-order valence-electron chi connectivity index (χ0n) is 13.2. The number of benzene rings is 2. The van der Waals surface area contributed by atoms with Crippen LogP contribution in [0.15, 0.2) is 53.5 Å². The van der Waals surface area contributed by atoms with Crippen LogP contribution in [0, 0.1) is 19.8 Å². The second-order valence-electron chi connectivity index (χ2n) is 6.12. The van der Waals surface area contributed by atoms with E-state index in [2.05, 4.69) is 23.2 Å². The lowest BCUT2D eigenvalue weighted by Crippen LogP contribution is -2.24. The summed E-state index contributed by atoms with van der Waals surface area (Å²) in [6.45, 7) is 4.83. The van der Waals surface area contributed by atoms with Gasteiger partial charge >= 0.3 is 0 Å². The number of carbonyl (C=O) groups excluding carboxylic acids is 1. The molecule has 0 radical (unpaired) electrons. The molecule has 0 saturated carbocycles. The molecule has 1 aliphatic rings. The van der Waals surface area contributed by atoms with E-state index in [1.165, 1.54) is 0 Å². The molecule has 2 nitrogen and oxygen atoms in total. The van der Waals surface area contributed by atoms with E-state index < -0.39 is 0 Å². The van der Waals surface area contributed by atoms with Crippen LogP contribution in [-0.2, 0) is 0 Å². The Balaban J connectivity index is 1.81. The van der Waals surface area contributed by atoms with Crippen LogP contribution in [-0.4, -0.2) is 18.0 Å². The van der Waals surface area contributed by atoms with Gasteiger partial charge < -0.3 is 0 Å². The number of ketones is 1. The number of rotatable bonds is 3. The van der Waals surface area contributed by atoms with Crippen LogP contribution in [0.5, 0.6) is 0 Å². The van der Waals surface area contributed by atoms with Gasteiger partial charge in [0.15, 0.2) is 5.78 Å². The molecule has 3 rings (SSSR count). The molecule has 2 aromatic carbocycles. The predicted molar refractivity (Wildman–Crippen MR) is 90.8 cm³/mol. The van der Waals surface area contributed by atoms with Crippen LogP contribution in [0.1, 0.15) is 39.9 Å². The normalized spacial score (nSPS) is 17.9. The maximum absolute atomic E-state index is 12.8. The number of hydrogen-bond acceptors (Lipinski definition) is 2. The van der Waals surface area contributed by atoms with Crippen LogP contribution in [0.3, 0.4) is 0 Å². The molecule has 1 unspecified atom stereocenters. The Morgan fingerprint density at radius 3 is 2.41 bits per heavy atom. The Bertz CT molecular complexity index is 695. The van der Waals surface area contributed by atoms with Crippen LogP contribution in [0.4, 0.5) is 0 Å². The monoisotopic (exact) mass is 291 g/mol. The molecular weight excluding hydrogens is 270 g/mol. The molecule has 22 heavy (non-hydrogen) atoms. The quantitative estimate of drug-likeness (QED) is 0.771. The average Bonchev–Trinajstić information content (AvgIpc) is 2.54. The third-order valence-corrected chi connectivity index (χ3v) is 4.20. The van der Waals surface area contributed by atoms with Gasteiger partial charge in [-0.3, -0.25) is 9.79 Å². The molecule has 2 aromatic rings. The Kier molecular flexibility index (Phi) is 4.19. The van der Waals surface area contributed by atoms with E-state index >= 15 is 0 Å². The first-order valence-corrected chi connectivity index (χ1v) is 7.85. The highest BCUT2D eigenvalue weighted by molar-refractivity contribution is 6.06. The van der Waals surface area contributed by atoms with Crippen molar-refractivity contribution in [1.82, 2.24) is 0 Å². The Morgan fingerprint density at radius 2 is 1.73 bits per heavy atom. The summed E-state index contributed by atoms with van der Waals surface area (Å²) in [6, 6.07) is 16.3. The molecular formula is C20H21NO. The van der Waals surface area contributed by atoms with Crippen molar-refractivity contribution in [3.63, 3.8) is 0 Å². The van der Waals surface area contributed by atoms with Gasteiger partial charge in [-0.2, -0.15) is 0 Å². The van der Waals surface area contributed by atoms with Crippen molar-refractivity contribution < 1.29 is 4.79 Å². The minimum Gasteiger partial charge on any atom is -0.294 e. The average molecular weight is 291 g/mol. The number of hydrogen-bond donors (Lipinski definition) is 0. The third kappa shape index (κ3) is 3.16. The standard InChI is InChI=1S/C20H21NO/c1-14-10-15(2)12-18(11-14)20(22)17-8-9-21-19(13-17)16-6-4-3-5-7-16/h3-7,10-12,17H,8-9,13H2,1-2H3. The first kappa shape index (κ1) is 14.7. The van der Waals surface area contributed by atoms with E-state index in [1.54, 1.807) is 0 Å². The van der Waals surface area contributed by atoms with Gasteiger partial charge in [0.2, 0.25) is 0 Å². The first-order chi connectivity index (χ1) is 10.6. The lowest BCUT2D eigenvalue weighted by Gasteiger charge is -2.21. The maximum Gasteiger partial charge on any atom is 0.166 e. The molecule has 0 spiro atoms. The van der Waals surface area contributed by atoms with Gasteiger partial charge in [0.25, 0.3) is 0 Å². The van der Waals surface area contributed by atoms with Gasteiger partial charge in [-0.25, -0.2) is 0 Å². The molecule has 0 N–H and O–H groups in total. The summed E-state index contributed by atoms with van der Waals surface area (Å²) in [4.78, 5) is 17.5. The molecule has 112 valence electrons. The fraction of sp³-hybridized carbons (Fsp3) is 0.300. The van der Waals surface area contributed by atoms with Gasteiger partial charge in [-0.15, -0.1) is 0 Å². The first-order valence-electron chi connectivity index (χ1n) is 7.85. The van der Waals surface area contributed by atoms with Gasteiger partial charge in [0.05, 0.1) is 0 Å². The number of aliphatic imine (C=N–C) groups is 1. The molecule has 0 saturated heterocycles. The summed E-state index contributed by atoms with van der Waals surface area (Å²) in [5, 5.41) is 0. The fourth-order valence-corrected chi connectivity index (χ4v) is 3.17. The molecule has 2 heteroatoms. The molecule has 0 aromatic heterocycles. The minimum atomic E-state index is 0.0499. The van der Waals surface area contributed by atoms with Crippen molar-refractivity contribution in [2.75, 3.05) is 6.54 Å². The van der Waals surface area contributed by atoms with Crippen molar-refractivity contribution in [3.05, 3.63) is 70.8 Å². The summed E-state index contributed by atoms with van der Waals surface area (Å²) in [7, 11) is 0. The van der Waals surface area contributed by atoms with E-state index in [-0.39, 0.29) is 11.7 Å². The van der Waals surface area contributed by atoms with Crippen molar-refractivity contribution in [2.45, 2.75) is 26.7 Å². The fourth-order valence-electron chi connectivity index (χ4n) is 3.17. The Labute approximate surface area is 131 Å². The largest absolute Gasteiger partial charge is 0.294 e. The minimum absolute atomic E-state index is 0.0499. The summed E-state index contributed by atoms with van der Waals surface area (Å²) < 4.78 is 0. The smallest absolute Gasteiger partial charge is 0.166 e. The molecule has 1 atom stereocenters. The molecule has 0 aliphatic carbocycles. The van der Waals surface area contributed by atoms with Crippen LogP contribution in [0.2, 0.25) is 0 Å². The second kappa shape index (κ2) is 6.27. The van der Waals surface area contributed by atoms with E-state index in [0.717, 1.165) is 47.4 Å². The van der Waals surface area contributed by atoms with Crippen molar-refractivity contribution in [1.29, 1.82) is 0 Å². The van der Waals surface area contributed by atoms with Gasteiger partial charge in [-0.1, -0.05) is 47.5 Å². The summed E-state index contributed by atoms with van der Waals surface area (Å²) in [5.74, 6) is 0.309. The molecule has 0 bridgehead atoms. The zero-order valence-corrected chi connectivity index (χ0v) is 13.2. The number of Topliss-reactive ketones (excluding diaryl/α,β-unsaturated/α-hetero) is 1. The lowest BCUT2D eigenvalue weighted by molar-refractivity contribution is 0.0916.